The molecule has 5 heteroatoms. The van der Waals surface area contributed by atoms with E-state index in [9.17, 15) is 4.79 Å². The van der Waals surface area contributed by atoms with Gasteiger partial charge in [-0.1, -0.05) is 55.9 Å². The van der Waals surface area contributed by atoms with Gasteiger partial charge in [0.05, 0.1) is 12.6 Å². The summed E-state index contributed by atoms with van der Waals surface area (Å²) in [6.45, 7) is 6.85. The molecule has 0 unspecified atom stereocenters. The molecule has 29 heavy (non-hydrogen) atoms. The molecule has 0 saturated heterocycles. The van der Waals surface area contributed by atoms with E-state index in [1.165, 1.54) is 7.11 Å². The van der Waals surface area contributed by atoms with Crippen molar-refractivity contribution in [2.24, 2.45) is 0 Å². The van der Waals surface area contributed by atoms with Crippen LogP contribution in [0.3, 0.4) is 0 Å². The van der Waals surface area contributed by atoms with E-state index in [2.05, 4.69) is 49.3 Å². The van der Waals surface area contributed by atoms with Crippen LogP contribution in [0.25, 0.3) is 22.0 Å². The minimum absolute atomic E-state index is 0.142. The van der Waals surface area contributed by atoms with E-state index in [0.717, 1.165) is 33.4 Å². The Bertz CT molecular complexity index is 1090. The van der Waals surface area contributed by atoms with Crippen LogP contribution >= 0.6 is 0 Å². The summed E-state index contributed by atoms with van der Waals surface area (Å²) in [6, 6.07) is 18.4. The van der Waals surface area contributed by atoms with Crippen LogP contribution in [-0.2, 0) is 9.53 Å². The maximum absolute atomic E-state index is 11.7. The van der Waals surface area contributed by atoms with Crippen molar-refractivity contribution in [3.05, 3.63) is 60.2 Å². The topological polar surface area (TPSA) is 42.4 Å². The summed E-state index contributed by atoms with van der Waals surface area (Å²) in [4.78, 5) is 18.3. The zero-order chi connectivity index (χ0) is 21.0. The van der Waals surface area contributed by atoms with Crippen molar-refractivity contribution in [3.63, 3.8) is 0 Å². The van der Waals surface area contributed by atoms with Gasteiger partial charge in [0.25, 0.3) is 0 Å². The first-order chi connectivity index (χ1) is 13.8. The van der Waals surface area contributed by atoms with Crippen molar-refractivity contribution >= 4 is 30.8 Å². The minimum atomic E-state index is -1.46. The fraction of sp³-hybridized carbons (Fsp3) is 0.250. The molecule has 0 spiro atoms. The highest BCUT2D eigenvalue weighted by Gasteiger charge is 2.14. The van der Waals surface area contributed by atoms with Gasteiger partial charge in [0, 0.05) is 18.0 Å². The van der Waals surface area contributed by atoms with Gasteiger partial charge < -0.3 is 9.64 Å². The van der Waals surface area contributed by atoms with Crippen LogP contribution in [0.4, 0.5) is 5.82 Å². The third-order valence-electron chi connectivity index (χ3n) is 4.45. The number of carbonyl (C=O) groups is 1. The molecule has 0 aliphatic heterocycles. The number of likely N-dealkylation sites (N-methyl/N-ethyl adjacent to an activating group) is 1. The standard InChI is InChI=1S/C24H26N2O2Si/c1-26(17-24(27)28-2)23-16-20(19-9-7-6-8-10-19)21-15-18(11-12-22(21)25-23)13-14-29(3,4)5/h6-12,15-16H,17H2,1-5H3. The zero-order valence-corrected chi connectivity index (χ0v) is 18.6. The van der Waals surface area contributed by atoms with Gasteiger partial charge >= 0.3 is 5.97 Å². The van der Waals surface area contributed by atoms with Crippen molar-refractivity contribution < 1.29 is 9.53 Å². The molecule has 148 valence electrons. The lowest BCUT2D eigenvalue weighted by molar-refractivity contribution is -0.138. The van der Waals surface area contributed by atoms with Gasteiger partial charge in [-0.25, -0.2) is 4.98 Å². The van der Waals surface area contributed by atoms with E-state index in [1.54, 1.807) is 4.90 Å². The van der Waals surface area contributed by atoms with Crippen LogP contribution in [-0.4, -0.2) is 39.7 Å². The van der Waals surface area contributed by atoms with Crippen LogP contribution in [0.1, 0.15) is 5.56 Å². The maximum atomic E-state index is 11.7. The smallest absolute Gasteiger partial charge is 0.325 e. The lowest BCUT2D eigenvalue weighted by atomic mass is 9.99. The summed E-state index contributed by atoms with van der Waals surface area (Å²) < 4.78 is 4.79. The highest BCUT2D eigenvalue weighted by Crippen LogP contribution is 2.31. The van der Waals surface area contributed by atoms with Crippen LogP contribution in [0, 0.1) is 11.5 Å². The van der Waals surface area contributed by atoms with Gasteiger partial charge in [-0.3, -0.25) is 4.79 Å². The molecule has 0 amide bonds. The molecule has 0 bridgehead atoms. The summed E-state index contributed by atoms with van der Waals surface area (Å²) in [7, 11) is 1.78. The highest BCUT2D eigenvalue weighted by molar-refractivity contribution is 6.83. The molecule has 1 heterocycles. The molecular formula is C24H26N2O2Si. The molecule has 0 atom stereocenters. The van der Waals surface area contributed by atoms with Crippen molar-refractivity contribution in [2.75, 3.05) is 25.6 Å². The number of fused-ring (bicyclic) bond motifs is 1. The molecule has 2 aromatic carbocycles. The number of methoxy groups -OCH3 is 1. The molecule has 4 nitrogen and oxygen atoms in total. The number of ether oxygens (including phenoxy) is 1. The molecular weight excluding hydrogens is 376 g/mol. The summed E-state index contributed by atoms with van der Waals surface area (Å²) in [5.41, 5.74) is 7.46. The fourth-order valence-electron chi connectivity index (χ4n) is 2.94. The molecule has 1 aromatic heterocycles. The number of carbonyl (C=O) groups excluding carboxylic acids is 1. The second-order valence-corrected chi connectivity index (χ2v) is 12.8. The first-order valence-corrected chi connectivity index (χ1v) is 13.1. The molecule has 0 saturated carbocycles. The molecule has 0 aliphatic rings. The Balaban J connectivity index is 2.16. The van der Waals surface area contributed by atoms with Gasteiger partial charge in [0.15, 0.2) is 0 Å². The monoisotopic (exact) mass is 402 g/mol. The van der Waals surface area contributed by atoms with Gasteiger partial charge in [0.2, 0.25) is 0 Å². The molecule has 0 aliphatic carbocycles. The normalized spacial score (nSPS) is 10.9. The number of esters is 1. The molecule has 3 aromatic rings. The number of benzene rings is 2. The first kappa shape index (κ1) is 20.6. The lowest BCUT2D eigenvalue weighted by Crippen LogP contribution is -2.27. The van der Waals surface area contributed by atoms with Crippen LogP contribution < -0.4 is 4.90 Å². The number of hydrogen-bond donors (Lipinski definition) is 0. The third kappa shape index (κ3) is 5.24. The molecule has 0 radical (unpaired) electrons. The number of hydrogen-bond acceptors (Lipinski definition) is 4. The van der Waals surface area contributed by atoms with Gasteiger partial charge in [0.1, 0.15) is 20.4 Å². The minimum Gasteiger partial charge on any atom is -0.468 e. The van der Waals surface area contributed by atoms with Crippen LogP contribution in [0.2, 0.25) is 19.6 Å². The molecule has 3 rings (SSSR count). The van der Waals surface area contributed by atoms with E-state index in [4.69, 9.17) is 9.72 Å². The number of anilines is 1. The second kappa shape index (κ2) is 8.50. The Hall–Kier alpha value is -3.10. The predicted molar refractivity (Wildman–Crippen MR) is 123 cm³/mol. The second-order valence-electron chi connectivity index (χ2n) is 8.06. The number of nitrogens with zero attached hydrogens (tertiary/aromatic N) is 2. The lowest BCUT2D eigenvalue weighted by Gasteiger charge is -2.19. The van der Waals surface area contributed by atoms with Crippen molar-refractivity contribution in [2.45, 2.75) is 19.6 Å². The maximum Gasteiger partial charge on any atom is 0.325 e. The van der Waals surface area contributed by atoms with E-state index < -0.39 is 8.07 Å². The van der Waals surface area contributed by atoms with Crippen molar-refractivity contribution in [1.29, 1.82) is 0 Å². The Kier molecular flexibility index (Phi) is 6.05. The average molecular weight is 403 g/mol. The molecule has 0 fully saturated rings. The van der Waals surface area contributed by atoms with Gasteiger partial charge in [-0.15, -0.1) is 5.54 Å². The fourth-order valence-corrected chi connectivity index (χ4v) is 3.46. The summed E-state index contributed by atoms with van der Waals surface area (Å²) >= 11 is 0. The SMILES string of the molecule is COC(=O)CN(C)c1cc(-c2ccccc2)c2cc(C#C[Si](C)(C)C)ccc2n1. The van der Waals surface area contributed by atoms with E-state index >= 15 is 0 Å². The zero-order valence-electron chi connectivity index (χ0n) is 17.6. The van der Waals surface area contributed by atoms with E-state index in [0.29, 0.717) is 0 Å². The largest absolute Gasteiger partial charge is 0.468 e. The highest BCUT2D eigenvalue weighted by atomic mass is 28.3. The Labute approximate surface area is 173 Å². The van der Waals surface area contributed by atoms with Crippen molar-refractivity contribution in [1.82, 2.24) is 4.98 Å². The predicted octanol–water partition coefficient (Wildman–Crippen LogP) is 4.74. The van der Waals surface area contributed by atoms with Crippen LogP contribution in [0.5, 0.6) is 0 Å². The Morgan fingerprint density at radius 2 is 1.83 bits per heavy atom. The number of aromatic nitrogens is 1. The van der Waals surface area contributed by atoms with Gasteiger partial charge in [-0.2, -0.15) is 0 Å². The number of rotatable bonds is 4. The molecule has 0 N–H and O–H groups in total. The quantitative estimate of drug-likeness (QED) is 0.359. The Morgan fingerprint density at radius 3 is 2.48 bits per heavy atom. The van der Waals surface area contributed by atoms with Gasteiger partial charge in [-0.05, 0) is 35.4 Å². The summed E-state index contributed by atoms with van der Waals surface area (Å²) in [5, 5.41) is 1.05. The third-order valence-corrected chi connectivity index (χ3v) is 5.32. The average Bonchev–Trinajstić information content (AvgIpc) is 2.71. The van der Waals surface area contributed by atoms with Crippen molar-refractivity contribution in [3.8, 4) is 22.6 Å². The van der Waals surface area contributed by atoms with E-state index in [-0.39, 0.29) is 12.5 Å². The summed E-state index contributed by atoms with van der Waals surface area (Å²) in [5.74, 6) is 3.77. The first-order valence-electron chi connectivity index (χ1n) is 9.58. The van der Waals surface area contributed by atoms with E-state index in [1.807, 2.05) is 43.4 Å². The Morgan fingerprint density at radius 1 is 1.10 bits per heavy atom. The summed E-state index contributed by atoms with van der Waals surface area (Å²) in [6.07, 6.45) is 0. The number of pyridine rings is 1. The van der Waals surface area contributed by atoms with Crippen LogP contribution in [0.15, 0.2) is 54.6 Å².